The van der Waals surface area contributed by atoms with Crippen LogP contribution in [-0.2, 0) is 9.59 Å². The molecule has 0 fully saturated rings. The summed E-state index contributed by atoms with van der Waals surface area (Å²) in [4.78, 5) is 22.6. The summed E-state index contributed by atoms with van der Waals surface area (Å²) in [7, 11) is 1.61. The molecule has 1 rings (SSSR count). The van der Waals surface area contributed by atoms with Gasteiger partial charge in [-0.05, 0) is 37.0 Å². The van der Waals surface area contributed by atoms with Crippen LogP contribution in [0.2, 0.25) is 0 Å². The van der Waals surface area contributed by atoms with Gasteiger partial charge in [0.25, 0.3) is 0 Å². The molecule has 0 heterocycles. The highest BCUT2D eigenvalue weighted by atomic mass is 16.5. The molecule has 1 aromatic rings. The van der Waals surface area contributed by atoms with Crippen LogP contribution in [0.1, 0.15) is 50.5 Å². The van der Waals surface area contributed by atoms with E-state index < -0.39 is 5.97 Å². The number of nitrogens with one attached hydrogen (secondary N) is 1. The standard InChI is InChI=1S/C17H25NO4/c1-3-15(13-8-10-14(22-2)11-9-13)17(21)18-12-6-4-5-7-16(19)20/h8-11,15H,3-7,12H2,1-2H3,(H,18,21)(H,19,20). The maximum absolute atomic E-state index is 12.2. The van der Waals surface area contributed by atoms with Gasteiger partial charge in [-0.25, -0.2) is 0 Å². The number of aliphatic carboxylic acids is 1. The lowest BCUT2D eigenvalue weighted by Gasteiger charge is -2.15. The molecule has 1 aromatic carbocycles. The molecule has 0 aliphatic heterocycles. The number of unbranched alkanes of at least 4 members (excludes halogenated alkanes) is 2. The number of amides is 1. The van der Waals surface area contributed by atoms with Crippen LogP contribution in [0.3, 0.4) is 0 Å². The van der Waals surface area contributed by atoms with Gasteiger partial charge in [0.1, 0.15) is 5.75 Å². The van der Waals surface area contributed by atoms with Crippen molar-refractivity contribution in [2.24, 2.45) is 0 Å². The zero-order valence-corrected chi connectivity index (χ0v) is 13.3. The van der Waals surface area contributed by atoms with Crippen LogP contribution in [0, 0.1) is 0 Å². The second kappa shape index (κ2) is 9.82. The molecule has 22 heavy (non-hydrogen) atoms. The number of carbonyl (C=O) groups excluding carboxylic acids is 1. The van der Waals surface area contributed by atoms with Crippen molar-refractivity contribution in [2.45, 2.75) is 44.9 Å². The van der Waals surface area contributed by atoms with Crippen molar-refractivity contribution in [3.05, 3.63) is 29.8 Å². The van der Waals surface area contributed by atoms with E-state index in [0.717, 1.165) is 30.6 Å². The maximum atomic E-state index is 12.2. The van der Waals surface area contributed by atoms with Gasteiger partial charge >= 0.3 is 5.97 Å². The molecule has 2 N–H and O–H groups in total. The highest BCUT2D eigenvalue weighted by molar-refractivity contribution is 5.83. The Balaban J connectivity index is 2.39. The molecular weight excluding hydrogens is 282 g/mol. The first-order valence-corrected chi connectivity index (χ1v) is 7.72. The fraction of sp³-hybridized carbons (Fsp3) is 0.529. The van der Waals surface area contributed by atoms with Crippen molar-refractivity contribution < 1.29 is 19.4 Å². The van der Waals surface area contributed by atoms with E-state index in [0.29, 0.717) is 13.0 Å². The number of rotatable bonds is 10. The molecule has 0 bridgehead atoms. The average molecular weight is 307 g/mol. The molecule has 0 aromatic heterocycles. The molecule has 0 radical (unpaired) electrons. The summed E-state index contributed by atoms with van der Waals surface area (Å²) in [5.41, 5.74) is 0.978. The van der Waals surface area contributed by atoms with Crippen LogP contribution in [0.5, 0.6) is 5.75 Å². The molecule has 0 spiro atoms. The summed E-state index contributed by atoms with van der Waals surface area (Å²) in [5, 5.41) is 11.5. The van der Waals surface area contributed by atoms with E-state index in [4.69, 9.17) is 9.84 Å². The van der Waals surface area contributed by atoms with Crippen molar-refractivity contribution in [3.63, 3.8) is 0 Å². The van der Waals surface area contributed by atoms with E-state index in [1.807, 2.05) is 31.2 Å². The molecule has 1 unspecified atom stereocenters. The summed E-state index contributed by atoms with van der Waals surface area (Å²) in [6.45, 7) is 2.58. The Kier molecular flexibility index (Phi) is 8.04. The topological polar surface area (TPSA) is 75.6 Å². The lowest BCUT2D eigenvalue weighted by atomic mass is 9.95. The molecule has 5 nitrogen and oxygen atoms in total. The smallest absolute Gasteiger partial charge is 0.303 e. The van der Waals surface area contributed by atoms with Gasteiger partial charge in [-0.2, -0.15) is 0 Å². The minimum absolute atomic E-state index is 0.0194. The minimum Gasteiger partial charge on any atom is -0.497 e. The Morgan fingerprint density at radius 1 is 1.18 bits per heavy atom. The van der Waals surface area contributed by atoms with Gasteiger partial charge in [0.2, 0.25) is 5.91 Å². The fourth-order valence-corrected chi connectivity index (χ4v) is 2.32. The normalized spacial score (nSPS) is 11.7. The Labute approximate surface area is 131 Å². The third kappa shape index (κ3) is 6.16. The van der Waals surface area contributed by atoms with Crippen molar-refractivity contribution >= 4 is 11.9 Å². The van der Waals surface area contributed by atoms with Crippen molar-refractivity contribution in [1.82, 2.24) is 5.32 Å². The first kappa shape index (κ1) is 18.0. The van der Waals surface area contributed by atoms with Crippen LogP contribution in [0.4, 0.5) is 0 Å². The third-order valence-electron chi connectivity index (χ3n) is 3.61. The van der Waals surface area contributed by atoms with Crippen molar-refractivity contribution in [2.75, 3.05) is 13.7 Å². The van der Waals surface area contributed by atoms with Gasteiger partial charge in [0.05, 0.1) is 13.0 Å². The summed E-state index contributed by atoms with van der Waals surface area (Å²) < 4.78 is 5.12. The van der Waals surface area contributed by atoms with Gasteiger partial charge in [0, 0.05) is 13.0 Å². The number of ether oxygens (including phenoxy) is 1. The van der Waals surface area contributed by atoms with E-state index in [1.165, 1.54) is 0 Å². The van der Waals surface area contributed by atoms with E-state index in [9.17, 15) is 9.59 Å². The number of carboxylic acids is 1. The number of hydrogen-bond acceptors (Lipinski definition) is 3. The predicted octanol–water partition coefficient (Wildman–Crippen LogP) is 2.95. The average Bonchev–Trinajstić information content (AvgIpc) is 2.52. The first-order chi connectivity index (χ1) is 10.6. The summed E-state index contributed by atoms with van der Waals surface area (Å²) in [6, 6.07) is 7.55. The van der Waals surface area contributed by atoms with E-state index in [1.54, 1.807) is 7.11 Å². The van der Waals surface area contributed by atoms with E-state index in [2.05, 4.69) is 5.32 Å². The lowest BCUT2D eigenvalue weighted by molar-refractivity contribution is -0.137. The van der Waals surface area contributed by atoms with Crippen LogP contribution >= 0.6 is 0 Å². The second-order valence-electron chi connectivity index (χ2n) is 5.23. The van der Waals surface area contributed by atoms with Gasteiger partial charge in [-0.1, -0.05) is 25.5 Å². The zero-order chi connectivity index (χ0) is 16.4. The highest BCUT2D eigenvalue weighted by Crippen LogP contribution is 2.22. The monoisotopic (exact) mass is 307 g/mol. The quantitative estimate of drug-likeness (QED) is 0.652. The molecule has 122 valence electrons. The Morgan fingerprint density at radius 2 is 1.86 bits per heavy atom. The van der Waals surface area contributed by atoms with Crippen molar-refractivity contribution in [3.8, 4) is 5.75 Å². The third-order valence-corrected chi connectivity index (χ3v) is 3.61. The van der Waals surface area contributed by atoms with Gasteiger partial charge < -0.3 is 15.2 Å². The van der Waals surface area contributed by atoms with E-state index in [-0.39, 0.29) is 18.2 Å². The van der Waals surface area contributed by atoms with Crippen LogP contribution < -0.4 is 10.1 Å². The molecule has 0 aliphatic carbocycles. The highest BCUT2D eigenvalue weighted by Gasteiger charge is 2.18. The van der Waals surface area contributed by atoms with Gasteiger partial charge in [-0.3, -0.25) is 9.59 Å². The molecule has 1 atom stereocenters. The van der Waals surface area contributed by atoms with Gasteiger partial charge in [-0.15, -0.1) is 0 Å². The fourth-order valence-electron chi connectivity index (χ4n) is 2.32. The first-order valence-electron chi connectivity index (χ1n) is 7.72. The zero-order valence-electron chi connectivity index (χ0n) is 13.3. The maximum Gasteiger partial charge on any atom is 0.303 e. The molecule has 1 amide bonds. The van der Waals surface area contributed by atoms with Crippen LogP contribution in [0.25, 0.3) is 0 Å². The lowest BCUT2D eigenvalue weighted by Crippen LogP contribution is -2.30. The largest absolute Gasteiger partial charge is 0.497 e. The number of carboxylic acid groups (broad SMARTS) is 1. The number of carbonyl (C=O) groups is 2. The Hall–Kier alpha value is -2.04. The van der Waals surface area contributed by atoms with E-state index >= 15 is 0 Å². The predicted molar refractivity (Wildman–Crippen MR) is 85.1 cm³/mol. The number of benzene rings is 1. The second-order valence-corrected chi connectivity index (χ2v) is 5.23. The summed E-state index contributed by atoms with van der Waals surface area (Å²) >= 11 is 0. The molecular formula is C17H25NO4. The molecule has 0 aliphatic rings. The Bertz CT molecular complexity index is 470. The number of hydrogen-bond donors (Lipinski definition) is 2. The van der Waals surface area contributed by atoms with Gasteiger partial charge in [0.15, 0.2) is 0 Å². The van der Waals surface area contributed by atoms with Crippen LogP contribution in [-0.4, -0.2) is 30.6 Å². The number of methoxy groups -OCH3 is 1. The molecule has 0 saturated heterocycles. The Morgan fingerprint density at radius 3 is 2.41 bits per heavy atom. The molecule has 5 heteroatoms. The van der Waals surface area contributed by atoms with Crippen molar-refractivity contribution in [1.29, 1.82) is 0 Å². The minimum atomic E-state index is -0.769. The molecule has 0 saturated carbocycles. The summed E-state index contributed by atoms with van der Waals surface area (Å²) in [5.74, 6) is -0.136. The summed E-state index contributed by atoms with van der Waals surface area (Å²) in [6.07, 6.45) is 3.19. The SMILES string of the molecule is CCC(C(=O)NCCCCCC(=O)O)c1ccc(OC)cc1. The van der Waals surface area contributed by atoms with Crippen LogP contribution in [0.15, 0.2) is 24.3 Å².